The molecule has 3 aromatic carbocycles. The van der Waals surface area contributed by atoms with Crippen molar-refractivity contribution >= 4 is 28.5 Å². The fourth-order valence-corrected chi connectivity index (χ4v) is 3.99. The van der Waals surface area contributed by atoms with Crippen LogP contribution < -0.4 is 19.5 Å². The molecule has 1 aromatic heterocycles. The Morgan fingerprint density at radius 1 is 0.947 bits per heavy atom. The summed E-state index contributed by atoms with van der Waals surface area (Å²) in [5.74, 6) is 1.66. The van der Waals surface area contributed by atoms with E-state index >= 15 is 0 Å². The predicted octanol–water partition coefficient (Wildman–Crippen LogP) is 5.74. The molecule has 0 fully saturated rings. The Balaban J connectivity index is 1.26. The molecular weight excluding hydrogens is 500 g/mol. The first-order valence-corrected chi connectivity index (χ1v) is 12.7. The minimum atomic E-state index is -0.567. The first-order chi connectivity index (χ1) is 18.5. The van der Waals surface area contributed by atoms with Gasteiger partial charge in [-0.1, -0.05) is 53.8 Å². The Morgan fingerprint density at radius 2 is 1.68 bits per heavy atom. The molecule has 0 unspecified atom stereocenters. The zero-order valence-corrected chi connectivity index (χ0v) is 21.8. The topological polar surface area (TPSA) is 106 Å². The third-order valence-corrected chi connectivity index (χ3v) is 6.11. The summed E-state index contributed by atoms with van der Waals surface area (Å²) >= 11 is 1.18. The van der Waals surface area contributed by atoms with E-state index in [1.54, 1.807) is 24.3 Å². The summed E-state index contributed by atoms with van der Waals surface area (Å²) in [6.45, 7) is 5.05. The van der Waals surface area contributed by atoms with Crippen LogP contribution in [0.1, 0.15) is 21.7 Å². The SMILES string of the molecule is Cc1ccc(C)c(OCCOc2ccc(/C=C(/C#N)C(=O)Nc3nnc(COc4ccccc4)s3)cc2)c1. The van der Waals surface area contributed by atoms with E-state index in [0.717, 1.165) is 16.9 Å². The molecule has 0 aliphatic carbocycles. The van der Waals surface area contributed by atoms with Crippen molar-refractivity contribution in [3.8, 4) is 23.3 Å². The summed E-state index contributed by atoms with van der Waals surface area (Å²) in [4.78, 5) is 12.6. The van der Waals surface area contributed by atoms with Gasteiger partial charge in [-0.15, -0.1) is 10.2 Å². The number of anilines is 1. The van der Waals surface area contributed by atoms with Gasteiger partial charge in [0.15, 0.2) is 5.01 Å². The number of carbonyl (C=O) groups excluding carboxylic acids is 1. The van der Waals surface area contributed by atoms with Gasteiger partial charge >= 0.3 is 0 Å². The first-order valence-electron chi connectivity index (χ1n) is 11.9. The molecule has 1 amide bonds. The number of amides is 1. The molecule has 0 aliphatic rings. The van der Waals surface area contributed by atoms with Crippen LogP contribution in [-0.4, -0.2) is 29.3 Å². The maximum atomic E-state index is 12.6. The molecule has 192 valence electrons. The third-order valence-electron chi connectivity index (χ3n) is 5.30. The van der Waals surface area contributed by atoms with Crippen molar-refractivity contribution in [2.24, 2.45) is 0 Å². The molecule has 0 radical (unpaired) electrons. The van der Waals surface area contributed by atoms with E-state index in [0.29, 0.717) is 35.3 Å². The predicted molar refractivity (Wildman–Crippen MR) is 146 cm³/mol. The molecule has 0 aliphatic heterocycles. The monoisotopic (exact) mass is 526 g/mol. The Hall–Kier alpha value is -4.68. The van der Waals surface area contributed by atoms with Crippen molar-refractivity contribution in [3.63, 3.8) is 0 Å². The van der Waals surface area contributed by atoms with E-state index in [-0.39, 0.29) is 17.3 Å². The van der Waals surface area contributed by atoms with E-state index in [2.05, 4.69) is 15.5 Å². The Labute approximate surface area is 225 Å². The van der Waals surface area contributed by atoms with Gasteiger partial charge in [0.25, 0.3) is 5.91 Å². The summed E-state index contributed by atoms with van der Waals surface area (Å²) in [5.41, 5.74) is 2.84. The summed E-state index contributed by atoms with van der Waals surface area (Å²) in [7, 11) is 0. The number of ether oxygens (including phenoxy) is 3. The van der Waals surface area contributed by atoms with Gasteiger partial charge in [-0.05, 0) is 66.9 Å². The Morgan fingerprint density at radius 3 is 2.45 bits per heavy atom. The van der Waals surface area contributed by atoms with E-state index in [1.807, 2.05) is 68.4 Å². The molecular formula is C29H26N4O4S. The fraction of sp³-hybridized carbons (Fsp3) is 0.172. The molecule has 1 heterocycles. The standard InChI is InChI=1S/C29H26N4O4S/c1-20-8-9-21(2)26(16-20)36-15-14-35-25-12-10-22(11-13-25)17-23(18-30)28(34)31-29-33-32-27(38-29)19-37-24-6-4-3-5-7-24/h3-13,16-17H,14-15,19H2,1-2H3,(H,31,33,34)/b23-17-. The maximum absolute atomic E-state index is 12.6. The van der Waals surface area contributed by atoms with Gasteiger partial charge in [-0.2, -0.15) is 5.26 Å². The lowest BCUT2D eigenvalue weighted by atomic mass is 10.1. The lowest BCUT2D eigenvalue weighted by molar-refractivity contribution is -0.112. The molecule has 0 spiro atoms. The average Bonchev–Trinajstić information content (AvgIpc) is 3.38. The van der Waals surface area contributed by atoms with Crippen molar-refractivity contribution < 1.29 is 19.0 Å². The molecule has 0 bridgehead atoms. The molecule has 0 saturated heterocycles. The second-order valence-corrected chi connectivity index (χ2v) is 9.32. The zero-order chi connectivity index (χ0) is 26.7. The minimum absolute atomic E-state index is 0.0575. The number of hydrogen-bond acceptors (Lipinski definition) is 8. The second-order valence-electron chi connectivity index (χ2n) is 8.26. The number of benzene rings is 3. The van der Waals surface area contributed by atoms with Crippen LogP contribution in [0.4, 0.5) is 5.13 Å². The van der Waals surface area contributed by atoms with E-state index in [1.165, 1.54) is 17.4 Å². The van der Waals surface area contributed by atoms with E-state index < -0.39 is 5.91 Å². The molecule has 4 rings (SSSR count). The van der Waals surface area contributed by atoms with Crippen LogP contribution in [0.5, 0.6) is 17.2 Å². The molecule has 9 heteroatoms. The number of nitrogens with one attached hydrogen (secondary N) is 1. The smallest absolute Gasteiger partial charge is 0.268 e. The normalized spacial score (nSPS) is 10.9. The molecule has 1 N–H and O–H groups in total. The van der Waals surface area contributed by atoms with Crippen molar-refractivity contribution in [3.05, 3.63) is 100 Å². The molecule has 0 atom stereocenters. The lowest BCUT2D eigenvalue weighted by Gasteiger charge is -2.11. The third kappa shape index (κ3) is 7.66. The number of rotatable bonds is 11. The van der Waals surface area contributed by atoms with Crippen molar-refractivity contribution in [1.82, 2.24) is 10.2 Å². The van der Waals surface area contributed by atoms with Gasteiger partial charge < -0.3 is 14.2 Å². The first kappa shape index (κ1) is 26.4. The highest BCUT2D eigenvalue weighted by Gasteiger charge is 2.13. The lowest BCUT2D eigenvalue weighted by Crippen LogP contribution is -2.13. The summed E-state index contributed by atoms with van der Waals surface area (Å²) in [6.07, 6.45) is 1.50. The summed E-state index contributed by atoms with van der Waals surface area (Å²) < 4.78 is 17.2. The van der Waals surface area contributed by atoms with Crippen LogP contribution in [0.15, 0.2) is 78.4 Å². The number of hydrogen-bond donors (Lipinski definition) is 1. The summed E-state index contributed by atoms with van der Waals surface area (Å²) in [6, 6.07) is 24.5. The van der Waals surface area contributed by atoms with Crippen LogP contribution in [0.3, 0.4) is 0 Å². The van der Waals surface area contributed by atoms with Gasteiger partial charge in [-0.3, -0.25) is 10.1 Å². The largest absolute Gasteiger partial charge is 0.490 e. The van der Waals surface area contributed by atoms with Gasteiger partial charge in [0.1, 0.15) is 48.7 Å². The zero-order valence-electron chi connectivity index (χ0n) is 21.0. The number of aromatic nitrogens is 2. The van der Waals surface area contributed by atoms with Crippen LogP contribution >= 0.6 is 11.3 Å². The number of nitrogens with zero attached hydrogens (tertiary/aromatic N) is 3. The van der Waals surface area contributed by atoms with Gasteiger partial charge in [-0.25, -0.2) is 0 Å². The van der Waals surface area contributed by atoms with E-state index in [9.17, 15) is 10.1 Å². The highest BCUT2D eigenvalue weighted by Crippen LogP contribution is 2.21. The maximum Gasteiger partial charge on any atom is 0.268 e. The molecule has 0 saturated carbocycles. The van der Waals surface area contributed by atoms with Gasteiger partial charge in [0.05, 0.1) is 0 Å². The molecule has 38 heavy (non-hydrogen) atoms. The fourth-order valence-electron chi connectivity index (χ4n) is 3.34. The quantitative estimate of drug-likeness (QED) is 0.151. The van der Waals surface area contributed by atoms with Crippen LogP contribution in [0, 0.1) is 25.2 Å². The number of para-hydroxylation sites is 1. The van der Waals surface area contributed by atoms with Crippen LogP contribution in [0.25, 0.3) is 6.08 Å². The Bertz CT molecular complexity index is 1440. The number of nitriles is 1. The van der Waals surface area contributed by atoms with Gasteiger partial charge in [0.2, 0.25) is 5.13 Å². The average molecular weight is 527 g/mol. The van der Waals surface area contributed by atoms with E-state index in [4.69, 9.17) is 14.2 Å². The van der Waals surface area contributed by atoms with Crippen molar-refractivity contribution in [2.45, 2.75) is 20.5 Å². The number of aryl methyl sites for hydroxylation is 2. The highest BCUT2D eigenvalue weighted by atomic mass is 32.1. The van der Waals surface area contributed by atoms with Crippen LogP contribution in [-0.2, 0) is 11.4 Å². The van der Waals surface area contributed by atoms with Crippen LogP contribution in [0.2, 0.25) is 0 Å². The number of carbonyl (C=O) groups is 1. The molecule has 8 nitrogen and oxygen atoms in total. The van der Waals surface area contributed by atoms with Gasteiger partial charge in [0, 0.05) is 0 Å². The van der Waals surface area contributed by atoms with Crippen molar-refractivity contribution in [1.29, 1.82) is 5.26 Å². The van der Waals surface area contributed by atoms with Crippen molar-refractivity contribution in [2.75, 3.05) is 18.5 Å². The summed E-state index contributed by atoms with van der Waals surface area (Å²) in [5, 5.41) is 21.0. The second kappa shape index (κ2) is 13.0. The minimum Gasteiger partial charge on any atom is -0.490 e. The molecule has 4 aromatic rings. The highest BCUT2D eigenvalue weighted by molar-refractivity contribution is 7.15. The Kier molecular flexibility index (Phi) is 9.05.